The lowest BCUT2D eigenvalue weighted by atomic mass is 10.2. The number of carboxylic acid groups (broad SMARTS) is 1. The number of nitrogens with zero attached hydrogens (tertiary/aromatic N) is 1. The highest BCUT2D eigenvalue weighted by Crippen LogP contribution is 2.48. The first-order valence-electron chi connectivity index (χ1n) is 9.14. The Balaban J connectivity index is 0.000000279. The molecule has 156 valence electrons. The first kappa shape index (κ1) is 20.7. The Morgan fingerprint density at radius 3 is 2.39 bits per heavy atom. The Morgan fingerprint density at radius 1 is 1.25 bits per heavy atom. The summed E-state index contributed by atoms with van der Waals surface area (Å²) in [5, 5.41) is 13.9. The van der Waals surface area contributed by atoms with Gasteiger partial charge in [-0.05, 0) is 49.0 Å². The third-order valence-electron chi connectivity index (χ3n) is 5.35. The van der Waals surface area contributed by atoms with E-state index < -0.39 is 12.1 Å². The highest BCUT2D eigenvalue weighted by Gasteiger charge is 2.52. The molecule has 2 atom stereocenters. The highest BCUT2D eigenvalue weighted by molar-refractivity contribution is 5.73. The maximum absolute atomic E-state index is 14.3. The summed E-state index contributed by atoms with van der Waals surface area (Å²) in [7, 11) is 0. The number of aliphatic carboxylic acids is 1. The molecule has 6 nitrogen and oxygen atoms in total. The second-order valence-corrected chi connectivity index (χ2v) is 7.10. The lowest BCUT2D eigenvalue weighted by Gasteiger charge is -2.29. The molecule has 1 aromatic carbocycles. The van der Waals surface area contributed by atoms with Gasteiger partial charge >= 0.3 is 12.1 Å². The summed E-state index contributed by atoms with van der Waals surface area (Å²) >= 11 is 0. The van der Waals surface area contributed by atoms with E-state index in [0.29, 0.717) is 18.9 Å². The summed E-state index contributed by atoms with van der Waals surface area (Å²) in [6.45, 7) is 6.16. The predicted molar refractivity (Wildman–Crippen MR) is 95.0 cm³/mol. The van der Waals surface area contributed by atoms with Gasteiger partial charge in [0.15, 0.2) is 0 Å². The van der Waals surface area contributed by atoms with Crippen molar-refractivity contribution in [2.24, 2.45) is 17.8 Å². The average Bonchev–Trinajstić information content (AvgIpc) is 3.07. The molecule has 0 radical (unpaired) electrons. The molecule has 2 heterocycles. The van der Waals surface area contributed by atoms with Gasteiger partial charge in [-0.15, -0.1) is 0 Å². The zero-order valence-electron chi connectivity index (χ0n) is 15.1. The number of fused-ring (bicyclic) bond motifs is 1. The number of benzene rings is 1. The number of carboxylic acids is 1. The first-order valence-corrected chi connectivity index (χ1v) is 9.14. The van der Waals surface area contributed by atoms with Crippen molar-refractivity contribution in [2.75, 3.05) is 56.2 Å². The summed E-state index contributed by atoms with van der Waals surface area (Å²) in [4.78, 5) is 11.0. The number of hydrogen-bond acceptors (Lipinski definition) is 5. The van der Waals surface area contributed by atoms with Gasteiger partial charge < -0.3 is 25.4 Å². The number of anilines is 2. The van der Waals surface area contributed by atoms with Crippen LogP contribution < -0.4 is 15.5 Å². The minimum absolute atomic E-state index is 0.139. The predicted octanol–water partition coefficient (Wildman–Crippen LogP) is 2.17. The Kier molecular flexibility index (Phi) is 6.29. The quantitative estimate of drug-likeness (QED) is 0.667. The molecule has 3 N–H and O–H groups in total. The maximum Gasteiger partial charge on any atom is 0.490 e. The molecule has 3 aliphatic rings. The molecular weight excluding hydrogens is 382 g/mol. The van der Waals surface area contributed by atoms with Crippen LogP contribution in [0.3, 0.4) is 0 Å². The zero-order chi connectivity index (χ0) is 20.3. The number of alkyl halides is 3. The van der Waals surface area contributed by atoms with Crippen LogP contribution in [0.4, 0.5) is 28.9 Å². The van der Waals surface area contributed by atoms with Gasteiger partial charge in [0.1, 0.15) is 5.82 Å². The number of carbonyl (C=O) groups is 1. The Hall–Kier alpha value is -2.07. The number of halogens is 4. The largest absolute Gasteiger partial charge is 0.490 e. The summed E-state index contributed by atoms with van der Waals surface area (Å²) < 4.78 is 51.3. The number of hydrogen-bond donors (Lipinski definition) is 3. The van der Waals surface area contributed by atoms with Crippen LogP contribution in [0.1, 0.15) is 0 Å². The minimum Gasteiger partial charge on any atom is -0.475 e. The summed E-state index contributed by atoms with van der Waals surface area (Å²) in [6.07, 6.45) is -5.08. The molecule has 0 aromatic heterocycles. The van der Waals surface area contributed by atoms with Gasteiger partial charge in [0.25, 0.3) is 0 Å². The van der Waals surface area contributed by atoms with E-state index in [9.17, 15) is 17.6 Å². The van der Waals surface area contributed by atoms with Crippen molar-refractivity contribution in [3.8, 4) is 0 Å². The van der Waals surface area contributed by atoms with E-state index in [1.807, 2.05) is 12.1 Å². The molecule has 0 bridgehead atoms. The molecular formula is C18H23F4N3O3. The van der Waals surface area contributed by atoms with Gasteiger partial charge in [0.05, 0.1) is 18.9 Å². The molecule has 1 aromatic rings. The fraction of sp³-hybridized carbons (Fsp3) is 0.611. The van der Waals surface area contributed by atoms with Crippen LogP contribution in [-0.2, 0) is 9.53 Å². The van der Waals surface area contributed by atoms with Gasteiger partial charge in [-0.3, -0.25) is 0 Å². The molecule has 1 saturated carbocycles. The molecule has 4 rings (SSSR count). The smallest absolute Gasteiger partial charge is 0.475 e. The van der Waals surface area contributed by atoms with Gasteiger partial charge in [0.2, 0.25) is 0 Å². The Morgan fingerprint density at radius 2 is 1.86 bits per heavy atom. The van der Waals surface area contributed by atoms with E-state index in [-0.39, 0.29) is 5.82 Å². The fourth-order valence-corrected chi connectivity index (χ4v) is 3.76. The van der Waals surface area contributed by atoms with Crippen molar-refractivity contribution in [3.05, 3.63) is 24.0 Å². The van der Waals surface area contributed by atoms with Crippen molar-refractivity contribution in [1.29, 1.82) is 0 Å². The van der Waals surface area contributed by atoms with Gasteiger partial charge in [-0.1, -0.05) is 0 Å². The number of rotatable bonds is 4. The first-order chi connectivity index (χ1) is 13.3. The van der Waals surface area contributed by atoms with Crippen molar-refractivity contribution >= 4 is 17.3 Å². The van der Waals surface area contributed by atoms with E-state index in [0.717, 1.165) is 56.2 Å². The van der Waals surface area contributed by atoms with Gasteiger partial charge in [-0.25, -0.2) is 9.18 Å². The van der Waals surface area contributed by atoms with Crippen molar-refractivity contribution < 1.29 is 32.2 Å². The molecule has 2 unspecified atom stereocenters. The van der Waals surface area contributed by atoms with Crippen LogP contribution in [0, 0.1) is 23.6 Å². The topological polar surface area (TPSA) is 73.8 Å². The number of ether oxygens (including phenoxy) is 1. The number of morpholine rings is 1. The van der Waals surface area contributed by atoms with E-state index in [4.69, 9.17) is 14.6 Å². The standard InChI is InChI=1S/C16H22FN3O.C2HF3O2/c17-15-7-11(19-10-14-12-8-18-9-13(12)14)1-2-16(15)20-3-5-21-6-4-20;3-2(4,5)1(6)7/h1-2,7,12-14,18-19H,3-6,8-10H2;(H,6,7). The second-order valence-electron chi connectivity index (χ2n) is 7.10. The van der Waals surface area contributed by atoms with E-state index in [2.05, 4.69) is 15.5 Å². The number of piperidine rings is 1. The third kappa shape index (κ3) is 5.05. The Bertz CT molecular complexity index is 685. The number of nitrogens with one attached hydrogen (secondary N) is 2. The van der Waals surface area contributed by atoms with E-state index in [1.165, 1.54) is 0 Å². The Labute approximate surface area is 159 Å². The fourth-order valence-electron chi connectivity index (χ4n) is 3.76. The normalized spacial score (nSPS) is 26.1. The molecule has 0 spiro atoms. The van der Waals surface area contributed by atoms with Crippen molar-refractivity contribution in [3.63, 3.8) is 0 Å². The summed E-state index contributed by atoms with van der Waals surface area (Å²) in [6, 6.07) is 5.50. The molecule has 3 fully saturated rings. The second kappa shape index (κ2) is 8.52. The monoisotopic (exact) mass is 405 g/mol. The molecule has 1 aliphatic carbocycles. The molecule has 0 amide bonds. The van der Waals surface area contributed by atoms with Crippen molar-refractivity contribution in [2.45, 2.75) is 6.18 Å². The maximum atomic E-state index is 14.3. The van der Waals surface area contributed by atoms with Crippen LogP contribution in [-0.4, -0.2) is 63.2 Å². The summed E-state index contributed by atoms with van der Waals surface area (Å²) in [5.74, 6) is -0.440. The molecule has 2 aliphatic heterocycles. The van der Waals surface area contributed by atoms with Gasteiger partial charge in [-0.2, -0.15) is 13.2 Å². The lowest BCUT2D eigenvalue weighted by molar-refractivity contribution is -0.192. The molecule has 28 heavy (non-hydrogen) atoms. The van der Waals surface area contributed by atoms with Crippen LogP contribution in [0.5, 0.6) is 0 Å². The van der Waals surface area contributed by atoms with E-state index in [1.54, 1.807) is 6.07 Å². The highest BCUT2D eigenvalue weighted by atomic mass is 19.4. The summed E-state index contributed by atoms with van der Waals surface area (Å²) in [5.41, 5.74) is 1.58. The van der Waals surface area contributed by atoms with Gasteiger partial charge in [0, 0.05) is 25.3 Å². The molecule has 10 heteroatoms. The third-order valence-corrected chi connectivity index (χ3v) is 5.35. The van der Waals surface area contributed by atoms with Crippen LogP contribution in [0.15, 0.2) is 18.2 Å². The van der Waals surface area contributed by atoms with Crippen LogP contribution in [0.2, 0.25) is 0 Å². The zero-order valence-corrected chi connectivity index (χ0v) is 15.1. The van der Waals surface area contributed by atoms with Crippen LogP contribution in [0.25, 0.3) is 0 Å². The van der Waals surface area contributed by atoms with Crippen molar-refractivity contribution in [1.82, 2.24) is 5.32 Å². The SMILES string of the molecule is Fc1cc(NCC2C3CNCC32)ccc1N1CCOCC1.O=C(O)C(F)(F)F. The minimum atomic E-state index is -5.08. The molecule has 2 saturated heterocycles. The van der Waals surface area contributed by atoms with Crippen LogP contribution >= 0.6 is 0 Å². The average molecular weight is 405 g/mol. The van der Waals surface area contributed by atoms with E-state index >= 15 is 0 Å². The lowest BCUT2D eigenvalue weighted by Crippen LogP contribution is -2.36.